The average molecular weight is 360 g/mol. The van der Waals surface area contributed by atoms with Gasteiger partial charge in [-0.05, 0) is 36.2 Å². The largest absolute Gasteiger partial charge is 0.324 e. The molecule has 1 aliphatic rings. The summed E-state index contributed by atoms with van der Waals surface area (Å²) in [5.74, 6) is 1.58. The second-order valence-electron chi connectivity index (χ2n) is 6.25. The zero-order chi connectivity index (χ0) is 17.9. The Hall–Kier alpha value is -2.91. The second-order valence-corrected chi connectivity index (χ2v) is 6.68. The SMILES string of the molecule is Cc1cc(Cl)cc(C2=NC(c3ccccc3)N=C(c3ccccc3)N2)c1. The van der Waals surface area contributed by atoms with Gasteiger partial charge in [0.05, 0.1) is 0 Å². The highest BCUT2D eigenvalue weighted by Gasteiger charge is 2.20. The van der Waals surface area contributed by atoms with Crippen molar-refractivity contribution in [3.05, 3.63) is 106 Å². The first-order chi connectivity index (χ1) is 12.7. The predicted octanol–water partition coefficient (Wildman–Crippen LogP) is 5.14. The Kier molecular flexibility index (Phi) is 4.55. The van der Waals surface area contributed by atoms with E-state index in [1.54, 1.807) is 0 Å². The summed E-state index contributed by atoms with van der Waals surface area (Å²) in [6.45, 7) is 2.03. The molecule has 3 aromatic carbocycles. The van der Waals surface area contributed by atoms with Gasteiger partial charge in [0.25, 0.3) is 0 Å². The van der Waals surface area contributed by atoms with Gasteiger partial charge in [-0.25, -0.2) is 9.98 Å². The van der Waals surface area contributed by atoms with Crippen LogP contribution >= 0.6 is 11.6 Å². The molecule has 0 bridgehead atoms. The highest BCUT2D eigenvalue weighted by molar-refractivity contribution is 6.31. The summed E-state index contributed by atoms with van der Waals surface area (Å²) in [4.78, 5) is 9.67. The normalized spacial score (nSPS) is 16.5. The van der Waals surface area contributed by atoms with Crippen molar-refractivity contribution in [2.75, 3.05) is 0 Å². The Morgan fingerprint density at radius 1 is 0.769 bits per heavy atom. The summed E-state index contributed by atoms with van der Waals surface area (Å²) < 4.78 is 0. The molecule has 0 saturated heterocycles. The molecule has 3 aromatic rings. The molecule has 4 rings (SSSR count). The van der Waals surface area contributed by atoms with Crippen molar-refractivity contribution in [3.63, 3.8) is 0 Å². The molecule has 0 amide bonds. The van der Waals surface area contributed by atoms with Crippen LogP contribution in [-0.2, 0) is 0 Å². The van der Waals surface area contributed by atoms with E-state index in [4.69, 9.17) is 21.6 Å². The zero-order valence-corrected chi connectivity index (χ0v) is 15.1. The minimum absolute atomic E-state index is 0.290. The van der Waals surface area contributed by atoms with E-state index < -0.39 is 0 Å². The quantitative estimate of drug-likeness (QED) is 0.690. The van der Waals surface area contributed by atoms with Crippen LogP contribution in [0.2, 0.25) is 5.02 Å². The first-order valence-corrected chi connectivity index (χ1v) is 8.87. The van der Waals surface area contributed by atoms with Gasteiger partial charge >= 0.3 is 0 Å². The van der Waals surface area contributed by atoms with Crippen molar-refractivity contribution >= 4 is 23.3 Å². The fourth-order valence-corrected chi connectivity index (χ4v) is 3.28. The van der Waals surface area contributed by atoms with Gasteiger partial charge in [0.2, 0.25) is 0 Å². The van der Waals surface area contributed by atoms with Crippen LogP contribution in [0.3, 0.4) is 0 Å². The van der Waals surface area contributed by atoms with Crippen LogP contribution in [0.25, 0.3) is 0 Å². The second kappa shape index (κ2) is 7.14. The summed E-state index contributed by atoms with van der Waals surface area (Å²) in [7, 11) is 0. The molecule has 0 aromatic heterocycles. The predicted molar refractivity (Wildman–Crippen MR) is 108 cm³/mol. The van der Waals surface area contributed by atoms with Crippen LogP contribution in [0.15, 0.2) is 88.8 Å². The van der Waals surface area contributed by atoms with E-state index in [0.717, 1.165) is 33.9 Å². The monoisotopic (exact) mass is 359 g/mol. The summed E-state index contributed by atoms with van der Waals surface area (Å²) in [5, 5.41) is 4.08. The molecule has 0 spiro atoms. The fraction of sp³-hybridized carbons (Fsp3) is 0.0909. The number of aryl methyl sites for hydroxylation is 1. The highest BCUT2D eigenvalue weighted by atomic mass is 35.5. The molecule has 1 unspecified atom stereocenters. The number of aliphatic imine (C=N–C) groups is 2. The smallest absolute Gasteiger partial charge is 0.169 e. The van der Waals surface area contributed by atoms with E-state index in [1.165, 1.54) is 0 Å². The summed E-state index contributed by atoms with van der Waals surface area (Å²) in [6.07, 6.45) is -0.290. The first-order valence-electron chi connectivity index (χ1n) is 8.49. The number of nitrogens with zero attached hydrogens (tertiary/aromatic N) is 2. The van der Waals surface area contributed by atoms with E-state index in [1.807, 2.05) is 79.7 Å². The molecule has 0 fully saturated rings. The Morgan fingerprint density at radius 2 is 1.38 bits per heavy atom. The van der Waals surface area contributed by atoms with E-state index in [9.17, 15) is 0 Å². The number of rotatable bonds is 3. The van der Waals surface area contributed by atoms with Crippen molar-refractivity contribution in [3.8, 4) is 0 Å². The van der Waals surface area contributed by atoms with Gasteiger partial charge in [-0.2, -0.15) is 0 Å². The van der Waals surface area contributed by atoms with Gasteiger partial charge in [0.1, 0.15) is 11.7 Å². The molecule has 1 aliphatic heterocycles. The average Bonchev–Trinajstić information content (AvgIpc) is 2.68. The highest BCUT2D eigenvalue weighted by Crippen LogP contribution is 2.25. The Morgan fingerprint density at radius 3 is 2.04 bits per heavy atom. The van der Waals surface area contributed by atoms with E-state index in [-0.39, 0.29) is 6.17 Å². The third-order valence-electron chi connectivity index (χ3n) is 4.20. The third kappa shape index (κ3) is 3.53. The number of hydrogen-bond donors (Lipinski definition) is 1. The van der Waals surface area contributed by atoms with Crippen LogP contribution in [-0.4, -0.2) is 11.7 Å². The van der Waals surface area contributed by atoms with Gasteiger partial charge in [-0.15, -0.1) is 0 Å². The van der Waals surface area contributed by atoms with E-state index >= 15 is 0 Å². The summed E-state index contributed by atoms with van der Waals surface area (Å²) in [5.41, 5.74) is 4.13. The Labute approximate surface area is 158 Å². The molecule has 3 nitrogen and oxygen atoms in total. The lowest BCUT2D eigenvalue weighted by atomic mass is 10.1. The number of halogens is 1. The molecule has 4 heteroatoms. The molecule has 0 aliphatic carbocycles. The van der Waals surface area contributed by atoms with E-state index in [2.05, 4.69) is 11.4 Å². The lowest BCUT2D eigenvalue weighted by Gasteiger charge is -2.22. The number of nitrogens with one attached hydrogen (secondary N) is 1. The number of benzene rings is 3. The molecule has 1 heterocycles. The first kappa shape index (κ1) is 16.6. The molecule has 1 N–H and O–H groups in total. The minimum Gasteiger partial charge on any atom is -0.324 e. The maximum atomic E-state index is 6.26. The van der Waals surface area contributed by atoms with Gasteiger partial charge in [0, 0.05) is 16.1 Å². The van der Waals surface area contributed by atoms with Crippen molar-refractivity contribution in [1.29, 1.82) is 0 Å². The van der Waals surface area contributed by atoms with E-state index in [0.29, 0.717) is 5.02 Å². The number of hydrogen-bond acceptors (Lipinski definition) is 3. The molecule has 1 atom stereocenters. The van der Waals surface area contributed by atoms with Crippen molar-refractivity contribution in [2.24, 2.45) is 9.98 Å². The van der Waals surface area contributed by atoms with Crippen molar-refractivity contribution in [2.45, 2.75) is 13.1 Å². The molecular weight excluding hydrogens is 342 g/mol. The van der Waals surface area contributed by atoms with Gasteiger partial charge in [0.15, 0.2) is 6.17 Å². The fourth-order valence-electron chi connectivity index (χ4n) is 2.99. The molecular formula is C22H18ClN3. The zero-order valence-electron chi connectivity index (χ0n) is 14.4. The third-order valence-corrected chi connectivity index (χ3v) is 4.42. The van der Waals surface area contributed by atoms with Crippen LogP contribution in [0.1, 0.15) is 28.4 Å². The lowest BCUT2D eigenvalue weighted by molar-refractivity contribution is 0.756. The molecule has 0 saturated carbocycles. The van der Waals surface area contributed by atoms with Gasteiger partial charge < -0.3 is 5.32 Å². The van der Waals surface area contributed by atoms with Crippen molar-refractivity contribution in [1.82, 2.24) is 5.32 Å². The summed E-state index contributed by atoms with van der Waals surface area (Å²) >= 11 is 6.26. The Balaban J connectivity index is 1.80. The van der Waals surface area contributed by atoms with Crippen LogP contribution in [0, 0.1) is 6.92 Å². The topological polar surface area (TPSA) is 36.8 Å². The lowest BCUT2D eigenvalue weighted by Crippen LogP contribution is -2.36. The van der Waals surface area contributed by atoms with Crippen LogP contribution < -0.4 is 5.32 Å². The number of amidine groups is 2. The van der Waals surface area contributed by atoms with Gasteiger partial charge in [-0.3, -0.25) is 0 Å². The Bertz CT molecular complexity index is 959. The molecule has 0 radical (unpaired) electrons. The van der Waals surface area contributed by atoms with Crippen molar-refractivity contribution < 1.29 is 0 Å². The van der Waals surface area contributed by atoms with Crippen LogP contribution in [0.4, 0.5) is 0 Å². The maximum Gasteiger partial charge on any atom is 0.169 e. The molecule has 26 heavy (non-hydrogen) atoms. The standard InChI is InChI=1S/C22H18ClN3/c1-15-12-18(14-19(23)13-15)22-25-20(16-8-4-2-5-9-16)24-21(26-22)17-10-6-3-7-11-17/h2-14,20H,1H3,(H,24,25,26). The van der Waals surface area contributed by atoms with Gasteiger partial charge in [-0.1, -0.05) is 72.3 Å². The maximum absolute atomic E-state index is 6.26. The van der Waals surface area contributed by atoms with Crippen LogP contribution in [0.5, 0.6) is 0 Å². The minimum atomic E-state index is -0.290. The molecule has 128 valence electrons. The summed E-state index contributed by atoms with van der Waals surface area (Å²) in [6, 6.07) is 26.1.